The molecule has 0 aliphatic heterocycles. The van der Waals surface area contributed by atoms with Crippen LogP contribution >= 0.6 is 0 Å². The molecular formula is C29H25N3O3. The summed E-state index contributed by atoms with van der Waals surface area (Å²) >= 11 is 0. The fraction of sp³-hybridized carbons (Fsp3) is 0.0690. The average Bonchev–Trinajstić information content (AvgIpc) is 2.90. The van der Waals surface area contributed by atoms with E-state index in [-0.39, 0.29) is 18.4 Å². The molecule has 0 unspecified atom stereocenters. The van der Waals surface area contributed by atoms with Crippen LogP contribution in [-0.4, -0.2) is 24.6 Å². The van der Waals surface area contributed by atoms with E-state index in [1.165, 1.54) is 0 Å². The Morgan fingerprint density at radius 3 is 1.86 bits per heavy atom. The molecule has 0 atom stereocenters. The molecule has 2 N–H and O–H groups in total. The van der Waals surface area contributed by atoms with E-state index in [4.69, 9.17) is 4.74 Å². The van der Waals surface area contributed by atoms with Gasteiger partial charge in [0.2, 0.25) is 0 Å². The molecule has 0 fully saturated rings. The van der Waals surface area contributed by atoms with Gasteiger partial charge in [-0.15, -0.1) is 0 Å². The van der Waals surface area contributed by atoms with Crippen molar-refractivity contribution in [2.75, 3.05) is 11.9 Å². The van der Waals surface area contributed by atoms with Crippen molar-refractivity contribution in [2.24, 2.45) is 5.10 Å². The lowest BCUT2D eigenvalue weighted by atomic mass is 9.91. The minimum Gasteiger partial charge on any atom is -0.484 e. The highest BCUT2D eigenvalue weighted by Gasteiger charge is 2.22. The van der Waals surface area contributed by atoms with Gasteiger partial charge in [0.1, 0.15) is 5.75 Å². The standard InChI is InChI=1S/C29H25N3O3/c33-27(31-25-14-8-3-9-15-25)21-35-26-18-16-22(17-19-26)20-30-32-29(34)28(23-10-4-1-5-11-23)24-12-6-2-7-13-24/h1-20,28H,21H2,(H,31,33)(H,32,34)/b30-20+. The molecule has 0 saturated heterocycles. The molecule has 0 aromatic heterocycles. The summed E-state index contributed by atoms with van der Waals surface area (Å²) in [7, 11) is 0. The summed E-state index contributed by atoms with van der Waals surface area (Å²) in [5.41, 5.74) is 5.94. The highest BCUT2D eigenvalue weighted by molar-refractivity contribution is 5.92. The number of carbonyl (C=O) groups excluding carboxylic acids is 2. The molecule has 0 aliphatic rings. The van der Waals surface area contributed by atoms with E-state index in [1.54, 1.807) is 30.5 Å². The van der Waals surface area contributed by atoms with Gasteiger partial charge in [0.25, 0.3) is 11.8 Å². The van der Waals surface area contributed by atoms with Crippen molar-refractivity contribution in [3.63, 3.8) is 0 Å². The fourth-order valence-electron chi connectivity index (χ4n) is 3.54. The zero-order valence-electron chi connectivity index (χ0n) is 19.0. The summed E-state index contributed by atoms with van der Waals surface area (Å²) in [5.74, 6) is -0.367. The van der Waals surface area contributed by atoms with Gasteiger partial charge in [-0.2, -0.15) is 5.10 Å². The van der Waals surface area contributed by atoms with E-state index in [2.05, 4.69) is 15.8 Å². The summed E-state index contributed by atoms with van der Waals surface area (Å²) in [4.78, 5) is 25.0. The van der Waals surface area contributed by atoms with E-state index in [9.17, 15) is 9.59 Å². The number of rotatable bonds is 9. The van der Waals surface area contributed by atoms with Crippen LogP contribution in [-0.2, 0) is 9.59 Å². The molecule has 35 heavy (non-hydrogen) atoms. The monoisotopic (exact) mass is 463 g/mol. The predicted octanol–water partition coefficient (Wildman–Crippen LogP) is 4.99. The largest absolute Gasteiger partial charge is 0.484 e. The molecule has 4 rings (SSSR count). The first-order valence-corrected chi connectivity index (χ1v) is 11.2. The molecule has 2 amide bonds. The number of para-hydroxylation sites is 1. The van der Waals surface area contributed by atoms with Gasteiger partial charge >= 0.3 is 0 Å². The van der Waals surface area contributed by atoms with Crippen LogP contribution in [0.15, 0.2) is 120 Å². The zero-order chi connectivity index (χ0) is 24.3. The third kappa shape index (κ3) is 6.88. The summed E-state index contributed by atoms with van der Waals surface area (Å²) in [5, 5.41) is 6.90. The van der Waals surface area contributed by atoms with Crippen LogP contribution in [0.25, 0.3) is 0 Å². The molecule has 6 heteroatoms. The zero-order valence-corrected chi connectivity index (χ0v) is 19.0. The van der Waals surface area contributed by atoms with Gasteiger partial charge in [-0.1, -0.05) is 78.9 Å². The fourth-order valence-corrected chi connectivity index (χ4v) is 3.54. The Morgan fingerprint density at radius 1 is 0.743 bits per heavy atom. The lowest BCUT2D eigenvalue weighted by Crippen LogP contribution is -2.26. The summed E-state index contributed by atoms with van der Waals surface area (Å²) in [6, 6.07) is 35.5. The van der Waals surface area contributed by atoms with Crippen molar-refractivity contribution >= 4 is 23.7 Å². The molecule has 0 radical (unpaired) electrons. The number of hydrogen-bond donors (Lipinski definition) is 2. The Labute approximate surface area is 204 Å². The second-order valence-electron chi connectivity index (χ2n) is 7.76. The van der Waals surface area contributed by atoms with E-state index in [1.807, 2.05) is 91.0 Å². The molecule has 4 aromatic carbocycles. The number of nitrogens with one attached hydrogen (secondary N) is 2. The third-order valence-electron chi connectivity index (χ3n) is 5.22. The normalized spacial score (nSPS) is 10.8. The van der Waals surface area contributed by atoms with Crippen molar-refractivity contribution in [1.29, 1.82) is 0 Å². The van der Waals surface area contributed by atoms with E-state index < -0.39 is 5.92 Å². The summed E-state index contributed by atoms with van der Waals surface area (Å²) < 4.78 is 5.54. The van der Waals surface area contributed by atoms with Crippen LogP contribution in [0.4, 0.5) is 5.69 Å². The number of carbonyl (C=O) groups is 2. The van der Waals surface area contributed by atoms with Crippen LogP contribution in [0.1, 0.15) is 22.6 Å². The predicted molar refractivity (Wildman–Crippen MR) is 137 cm³/mol. The molecule has 0 bridgehead atoms. The first-order chi connectivity index (χ1) is 17.2. The van der Waals surface area contributed by atoms with Crippen LogP contribution in [0.2, 0.25) is 0 Å². The van der Waals surface area contributed by atoms with Gasteiger partial charge in [-0.3, -0.25) is 9.59 Å². The Morgan fingerprint density at radius 2 is 1.29 bits per heavy atom. The molecule has 0 heterocycles. The van der Waals surface area contributed by atoms with Crippen molar-refractivity contribution in [1.82, 2.24) is 5.43 Å². The lowest BCUT2D eigenvalue weighted by molar-refractivity contribution is -0.121. The second-order valence-corrected chi connectivity index (χ2v) is 7.76. The maximum absolute atomic E-state index is 13.0. The third-order valence-corrected chi connectivity index (χ3v) is 5.22. The summed E-state index contributed by atoms with van der Waals surface area (Å²) in [6.45, 7) is -0.0985. The van der Waals surface area contributed by atoms with Crippen molar-refractivity contribution in [3.05, 3.63) is 132 Å². The van der Waals surface area contributed by atoms with Gasteiger partial charge in [0.05, 0.1) is 12.1 Å². The molecule has 0 spiro atoms. The molecular weight excluding hydrogens is 438 g/mol. The van der Waals surface area contributed by atoms with E-state index in [0.29, 0.717) is 5.75 Å². The first-order valence-electron chi connectivity index (χ1n) is 11.2. The van der Waals surface area contributed by atoms with Crippen LogP contribution in [0, 0.1) is 0 Å². The van der Waals surface area contributed by atoms with Crippen LogP contribution in [0.3, 0.4) is 0 Å². The molecule has 4 aromatic rings. The highest BCUT2D eigenvalue weighted by atomic mass is 16.5. The average molecular weight is 464 g/mol. The van der Waals surface area contributed by atoms with Crippen LogP contribution < -0.4 is 15.5 Å². The van der Waals surface area contributed by atoms with Crippen molar-refractivity contribution in [2.45, 2.75) is 5.92 Å². The Balaban J connectivity index is 1.32. The van der Waals surface area contributed by atoms with Crippen LogP contribution in [0.5, 0.6) is 5.75 Å². The number of amides is 2. The van der Waals surface area contributed by atoms with Crippen molar-refractivity contribution < 1.29 is 14.3 Å². The van der Waals surface area contributed by atoms with E-state index in [0.717, 1.165) is 22.4 Å². The Hall–Kier alpha value is -4.71. The molecule has 0 saturated carbocycles. The molecule has 6 nitrogen and oxygen atoms in total. The Kier molecular flexibility index (Phi) is 8.01. The van der Waals surface area contributed by atoms with E-state index >= 15 is 0 Å². The van der Waals surface area contributed by atoms with Gasteiger partial charge in [0, 0.05) is 5.69 Å². The second kappa shape index (κ2) is 12.0. The molecule has 0 aliphatic carbocycles. The SMILES string of the molecule is O=C(COc1ccc(/C=N/NC(=O)C(c2ccccc2)c2ccccc2)cc1)Nc1ccccc1. The number of nitrogens with zero attached hydrogens (tertiary/aromatic N) is 1. The molecule has 174 valence electrons. The number of anilines is 1. The minimum atomic E-state index is -0.465. The van der Waals surface area contributed by atoms with Gasteiger partial charge in [-0.05, 0) is 53.1 Å². The highest BCUT2D eigenvalue weighted by Crippen LogP contribution is 2.24. The number of benzene rings is 4. The minimum absolute atomic E-state index is 0.0985. The maximum Gasteiger partial charge on any atom is 0.262 e. The van der Waals surface area contributed by atoms with Gasteiger partial charge < -0.3 is 10.1 Å². The topological polar surface area (TPSA) is 79.8 Å². The summed E-state index contributed by atoms with van der Waals surface area (Å²) in [6.07, 6.45) is 1.57. The first kappa shape index (κ1) is 23.4. The quantitative estimate of drug-likeness (QED) is 0.271. The lowest BCUT2D eigenvalue weighted by Gasteiger charge is -2.16. The van der Waals surface area contributed by atoms with Gasteiger partial charge in [0.15, 0.2) is 6.61 Å². The smallest absolute Gasteiger partial charge is 0.262 e. The Bertz CT molecular complexity index is 1220. The number of ether oxygens (including phenoxy) is 1. The maximum atomic E-state index is 13.0. The van der Waals surface area contributed by atoms with Gasteiger partial charge in [-0.25, -0.2) is 5.43 Å². The van der Waals surface area contributed by atoms with Crippen molar-refractivity contribution in [3.8, 4) is 5.75 Å². The number of hydrazone groups is 1. The number of hydrogen-bond acceptors (Lipinski definition) is 4.